The van der Waals surface area contributed by atoms with Crippen molar-refractivity contribution in [3.63, 3.8) is 0 Å². The molecule has 0 bridgehead atoms. The summed E-state index contributed by atoms with van der Waals surface area (Å²) in [5.74, 6) is -2.08. The third kappa shape index (κ3) is 3.94. The molecule has 21 heavy (non-hydrogen) atoms. The second kappa shape index (κ2) is 6.89. The van der Waals surface area contributed by atoms with Crippen molar-refractivity contribution in [1.29, 1.82) is 0 Å². The van der Waals surface area contributed by atoms with Crippen LogP contribution in [0.2, 0.25) is 5.02 Å². The highest BCUT2D eigenvalue weighted by Gasteiger charge is 2.25. The average Bonchev–Trinajstić information content (AvgIpc) is 2.91. The molecule has 1 N–H and O–H groups in total. The van der Waals surface area contributed by atoms with Gasteiger partial charge >= 0.3 is 5.97 Å². The van der Waals surface area contributed by atoms with Gasteiger partial charge in [-0.25, -0.2) is 9.18 Å². The maximum Gasteiger partial charge on any atom is 0.343 e. The van der Waals surface area contributed by atoms with Crippen molar-refractivity contribution in [2.45, 2.75) is 44.8 Å². The average molecular weight is 314 g/mol. The molecule has 6 heteroatoms. The van der Waals surface area contributed by atoms with E-state index in [0.717, 1.165) is 31.7 Å². The Balaban J connectivity index is 1.96. The molecule has 0 saturated heterocycles. The topological polar surface area (TPSA) is 55.4 Å². The van der Waals surface area contributed by atoms with Gasteiger partial charge in [0.15, 0.2) is 6.10 Å². The first-order valence-electron chi connectivity index (χ1n) is 6.94. The number of rotatable bonds is 4. The highest BCUT2D eigenvalue weighted by molar-refractivity contribution is 6.33. The van der Waals surface area contributed by atoms with Crippen molar-refractivity contribution >= 4 is 23.5 Å². The van der Waals surface area contributed by atoms with Crippen molar-refractivity contribution in [2.75, 3.05) is 0 Å². The number of benzene rings is 1. The fraction of sp³-hybridized carbons (Fsp3) is 0.467. The minimum atomic E-state index is -0.992. The number of ether oxygens (including phenoxy) is 1. The first-order valence-corrected chi connectivity index (χ1v) is 7.32. The molecule has 0 aromatic heterocycles. The molecule has 0 aliphatic heterocycles. The van der Waals surface area contributed by atoms with Gasteiger partial charge in [-0.2, -0.15) is 0 Å². The Labute approximate surface area is 127 Å². The van der Waals surface area contributed by atoms with Crippen LogP contribution in [0.15, 0.2) is 18.2 Å². The Morgan fingerprint density at radius 2 is 2.05 bits per heavy atom. The van der Waals surface area contributed by atoms with Crippen LogP contribution in [0, 0.1) is 5.82 Å². The summed E-state index contributed by atoms with van der Waals surface area (Å²) >= 11 is 5.78. The molecule has 1 aromatic carbocycles. The first-order chi connectivity index (χ1) is 9.99. The summed E-state index contributed by atoms with van der Waals surface area (Å²) in [5, 5.41) is 2.78. The maximum absolute atomic E-state index is 13.6. The van der Waals surface area contributed by atoms with Crippen molar-refractivity contribution in [1.82, 2.24) is 5.32 Å². The Morgan fingerprint density at radius 3 is 2.67 bits per heavy atom. The van der Waals surface area contributed by atoms with Crippen LogP contribution >= 0.6 is 11.6 Å². The van der Waals surface area contributed by atoms with Crippen LogP contribution in [0.3, 0.4) is 0 Å². The molecule has 1 aromatic rings. The van der Waals surface area contributed by atoms with E-state index in [-0.39, 0.29) is 22.5 Å². The summed E-state index contributed by atoms with van der Waals surface area (Å²) < 4.78 is 18.6. The van der Waals surface area contributed by atoms with Gasteiger partial charge in [-0.1, -0.05) is 30.5 Å². The third-order valence-electron chi connectivity index (χ3n) is 3.52. The van der Waals surface area contributed by atoms with Crippen molar-refractivity contribution in [3.8, 4) is 0 Å². The number of carbonyl (C=O) groups is 2. The number of halogens is 2. The molecule has 1 atom stereocenters. The van der Waals surface area contributed by atoms with Crippen LogP contribution in [-0.2, 0) is 9.53 Å². The lowest BCUT2D eigenvalue weighted by Gasteiger charge is -2.17. The highest BCUT2D eigenvalue weighted by Crippen LogP contribution is 2.21. The van der Waals surface area contributed by atoms with E-state index in [0.29, 0.717) is 0 Å². The molecule has 0 heterocycles. The Morgan fingerprint density at radius 1 is 1.38 bits per heavy atom. The number of hydrogen-bond donors (Lipinski definition) is 1. The van der Waals surface area contributed by atoms with Crippen LogP contribution in [0.5, 0.6) is 0 Å². The normalized spacial score (nSPS) is 16.5. The van der Waals surface area contributed by atoms with Gasteiger partial charge in [0, 0.05) is 6.04 Å². The molecular weight excluding hydrogens is 297 g/mol. The molecule has 0 spiro atoms. The molecule has 0 unspecified atom stereocenters. The van der Waals surface area contributed by atoms with Crippen LogP contribution in [-0.4, -0.2) is 24.0 Å². The van der Waals surface area contributed by atoms with E-state index in [2.05, 4.69) is 5.32 Å². The number of carbonyl (C=O) groups excluding carboxylic acids is 2. The van der Waals surface area contributed by atoms with Crippen molar-refractivity contribution in [3.05, 3.63) is 34.6 Å². The van der Waals surface area contributed by atoms with Crippen molar-refractivity contribution < 1.29 is 18.7 Å². The van der Waals surface area contributed by atoms with Gasteiger partial charge in [-0.15, -0.1) is 0 Å². The predicted molar refractivity (Wildman–Crippen MR) is 76.7 cm³/mol. The predicted octanol–water partition coefficient (Wildman–Crippen LogP) is 3.08. The van der Waals surface area contributed by atoms with E-state index in [1.165, 1.54) is 19.1 Å². The standard InChI is InChI=1S/C15H17ClFNO3/c1-9(14(19)18-10-5-2-3-6-10)21-15(20)13-11(16)7-4-8-12(13)17/h4,7-10H,2-3,5-6H2,1H3,(H,18,19)/t9-/m0/s1. The Bertz CT molecular complexity index is 523. The zero-order valence-electron chi connectivity index (χ0n) is 11.7. The SMILES string of the molecule is C[C@H](OC(=O)c1c(F)cccc1Cl)C(=O)NC1CCCC1. The third-order valence-corrected chi connectivity index (χ3v) is 3.84. The van der Waals surface area contributed by atoms with Gasteiger partial charge in [0.05, 0.1) is 5.02 Å². The molecule has 1 amide bonds. The van der Waals surface area contributed by atoms with Crippen LogP contribution < -0.4 is 5.32 Å². The fourth-order valence-electron chi connectivity index (χ4n) is 2.35. The van der Waals surface area contributed by atoms with Gasteiger partial charge in [0.1, 0.15) is 11.4 Å². The number of hydrogen-bond acceptors (Lipinski definition) is 3. The lowest BCUT2D eigenvalue weighted by Crippen LogP contribution is -2.41. The minimum Gasteiger partial charge on any atom is -0.449 e. The summed E-state index contributed by atoms with van der Waals surface area (Å²) in [6, 6.07) is 4.04. The molecule has 1 saturated carbocycles. The summed E-state index contributed by atoms with van der Waals surface area (Å²) in [6.07, 6.45) is 3.05. The number of amides is 1. The van der Waals surface area contributed by atoms with E-state index >= 15 is 0 Å². The molecule has 1 aliphatic carbocycles. The van der Waals surface area contributed by atoms with Crippen LogP contribution in [0.1, 0.15) is 43.0 Å². The van der Waals surface area contributed by atoms with Crippen LogP contribution in [0.4, 0.5) is 4.39 Å². The van der Waals surface area contributed by atoms with Gasteiger partial charge in [0.2, 0.25) is 0 Å². The van der Waals surface area contributed by atoms with Crippen LogP contribution in [0.25, 0.3) is 0 Å². The summed E-state index contributed by atoms with van der Waals surface area (Å²) in [6.45, 7) is 1.46. The largest absolute Gasteiger partial charge is 0.449 e. The zero-order valence-corrected chi connectivity index (χ0v) is 12.5. The maximum atomic E-state index is 13.6. The van der Waals surface area contributed by atoms with Gasteiger partial charge < -0.3 is 10.1 Å². The molecule has 0 radical (unpaired) electrons. The summed E-state index contributed by atoms with van der Waals surface area (Å²) in [4.78, 5) is 23.8. The monoisotopic (exact) mass is 313 g/mol. The molecule has 1 aliphatic rings. The lowest BCUT2D eigenvalue weighted by molar-refractivity contribution is -0.129. The fourth-order valence-corrected chi connectivity index (χ4v) is 2.59. The summed E-state index contributed by atoms with van der Waals surface area (Å²) in [7, 11) is 0. The molecule has 1 fully saturated rings. The molecule has 2 rings (SSSR count). The highest BCUT2D eigenvalue weighted by atomic mass is 35.5. The minimum absolute atomic E-state index is 0.0385. The van der Waals surface area contributed by atoms with E-state index in [1.807, 2.05) is 0 Å². The van der Waals surface area contributed by atoms with Gasteiger partial charge in [-0.05, 0) is 31.9 Å². The first kappa shape index (κ1) is 15.8. The second-order valence-electron chi connectivity index (χ2n) is 5.13. The number of nitrogens with one attached hydrogen (secondary N) is 1. The molecule has 4 nitrogen and oxygen atoms in total. The Hall–Kier alpha value is -1.62. The smallest absolute Gasteiger partial charge is 0.343 e. The van der Waals surface area contributed by atoms with E-state index in [1.54, 1.807) is 0 Å². The quantitative estimate of drug-likeness (QED) is 0.869. The van der Waals surface area contributed by atoms with E-state index in [9.17, 15) is 14.0 Å². The second-order valence-corrected chi connectivity index (χ2v) is 5.54. The van der Waals surface area contributed by atoms with E-state index < -0.39 is 17.9 Å². The van der Waals surface area contributed by atoms with Gasteiger partial charge in [0.25, 0.3) is 5.91 Å². The Kier molecular flexibility index (Phi) is 5.17. The number of esters is 1. The molecule has 114 valence electrons. The lowest BCUT2D eigenvalue weighted by atomic mass is 10.2. The summed E-state index contributed by atoms with van der Waals surface area (Å²) in [5.41, 5.74) is -0.348. The van der Waals surface area contributed by atoms with Gasteiger partial charge in [-0.3, -0.25) is 4.79 Å². The van der Waals surface area contributed by atoms with Crippen molar-refractivity contribution in [2.24, 2.45) is 0 Å². The van der Waals surface area contributed by atoms with E-state index in [4.69, 9.17) is 16.3 Å². The molecular formula is C15H17ClFNO3. The zero-order chi connectivity index (χ0) is 15.4.